The molecule has 0 heterocycles. The number of benzene rings is 1. The van der Waals surface area contributed by atoms with Gasteiger partial charge < -0.3 is 16.0 Å². The van der Waals surface area contributed by atoms with Crippen molar-refractivity contribution < 1.29 is 14.0 Å². The lowest BCUT2D eigenvalue weighted by atomic mass is 10.1. The van der Waals surface area contributed by atoms with Gasteiger partial charge in [-0.05, 0) is 19.1 Å². The molecule has 5 nitrogen and oxygen atoms in total. The van der Waals surface area contributed by atoms with Gasteiger partial charge in [-0.25, -0.2) is 4.39 Å². The lowest BCUT2D eigenvalue weighted by Gasteiger charge is -2.17. The molecule has 0 aliphatic heterocycles. The van der Waals surface area contributed by atoms with E-state index in [4.69, 9.17) is 5.73 Å². The Morgan fingerprint density at radius 1 is 1.42 bits per heavy atom. The maximum Gasteiger partial charge on any atom is 0.253 e. The van der Waals surface area contributed by atoms with Crippen molar-refractivity contribution in [2.24, 2.45) is 0 Å². The summed E-state index contributed by atoms with van der Waals surface area (Å²) in [4.78, 5) is 24.5. The minimum Gasteiger partial charge on any atom is -0.398 e. The Balaban J connectivity index is 2.80. The average Bonchev–Trinajstić information content (AvgIpc) is 2.40. The Morgan fingerprint density at radius 3 is 2.58 bits per heavy atom. The number of carbonyl (C=O) groups excluding carboxylic acids is 2. The molecule has 6 heteroatoms. The van der Waals surface area contributed by atoms with Crippen LogP contribution in [0.5, 0.6) is 0 Å². The van der Waals surface area contributed by atoms with Crippen molar-refractivity contribution in [1.29, 1.82) is 0 Å². The predicted molar refractivity (Wildman–Crippen MR) is 71.2 cm³/mol. The first kappa shape index (κ1) is 14.9. The first-order valence-corrected chi connectivity index (χ1v) is 5.88. The number of anilines is 1. The van der Waals surface area contributed by atoms with Gasteiger partial charge in [-0.15, -0.1) is 0 Å². The van der Waals surface area contributed by atoms with E-state index < -0.39 is 5.82 Å². The smallest absolute Gasteiger partial charge is 0.253 e. The van der Waals surface area contributed by atoms with Crippen molar-refractivity contribution in [3.63, 3.8) is 0 Å². The van der Waals surface area contributed by atoms with Gasteiger partial charge in [0.2, 0.25) is 5.91 Å². The van der Waals surface area contributed by atoms with Crippen LogP contribution in [0.3, 0.4) is 0 Å². The van der Waals surface area contributed by atoms with E-state index in [1.807, 2.05) is 0 Å². The zero-order valence-electron chi connectivity index (χ0n) is 11.3. The Kier molecular flexibility index (Phi) is 4.86. The maximum atomic E-state index is 13.5. The third-order valence-corrected chi connectivity index (χ3v) is 2.93. The Morgan fingerprint density at radius 2 is 2.05 bits per heavy atom. The highest BCUT2D eigenvalue weighted by molar-refractivity contribution is 5.95. The van der Waals surface area contributed by atoms with E-state index in [0.29, 0.717) is 5.56 Å². The molecular formula is C13H18FN3O2. The summed E-state index contributed by atoms with van der Waals surface area (Å²) in [6.45, 7) is 1.81. The van der Waals surface area contributed by atoms with E-state index in [0.717, 1.165) is 6.07 Å². The maximum absolute atomic E-state index is 13.5. The highest BCUT2D eigenvalue weighted by Crippen LogP contribution is 2.18. The van der Waals surface area contributed by atoms with Crippen LogP contribution in [0.25, 0.3) is 0 Å². The van der Waals surface area contributed by atoms with Crippen LogP contribution < -0.4 is 11.1 Å². The van der Waals surface area contributed by atoms with Crippen LogP contribution in [-0.2, 0) is 4.79 Å². The molecule has 19 heavy (non-hydrogen) atoms. The lowest BCUT2D eigenvalue weighted by molar-refractivity contribution is -0.120. The summed E-state index contributed by atoms with van der Waals surface area (Å²) in [5, 5.41) is 2.47. The Hall–Kier alpha value is -2.11. The van der Waals surface area contributed by atoms with Gasteiger partial charge in [0.05, 0.1) is 0 Å². The summed E-state index contributed by atoms with van der Waals surface area (Å²) in [6.07, 6.45) is 0.197. The molecule has 1 rings (SSSR count). The molecule has 0 aliphatic rings. The van der Waals surface area contributed by atoms with Crippen LogP contribution in [0.1, 0.15) is 22.3 Å². The largest absolute Gasteiger partial charge is 0.398 e. The number of nitrogens with two attached hydrogens (primary N) is 1. The van der Waals surface area contributed by atoms with Crippen LogP contribution in [0.15, 0.2) is 12.1 Å². The molecule has 0 radical (unpaired) electrons. The third-order valence-electron chi connectivity index (χ3n) is 2.93. The third kappa shape index (κ3) is 3.67. The first-order chi connectivity index (χ1) is 8.86. The van der Waals surface area contributed by atoms with E-state index in [1.54, 1.807) is 14.0 Å². The fourth-order valence-corrected chi connectivity index (χ4v) is 1.54. The fraction of sp³-hybridized carbons (Fsp3) is 0.385. The van der Waals surface area contributed by atoms with Gasteiger partial charge in [-0.3, -0.25) is 9.59 Å². The summed E-state index contributed by atoms with van der Waals surface area (Å²) >= 11 is 0. The number of carbonyl (C=O) groups is 2. The zero-order chi connectivity index (χ0) is 14.6. The number of nitrogen functional groups attached to an aromatic ring is 1. The van der Waals surface area contributed by atoms with Crippen molar-refractivity contribution in [3.05, 3.63) is 29.1 Å². The second kappa shape index (κ2) is 6.17. The molecule has 1 aromatic rings. The molecule has 0 bridgehead atoms. The molecule has 0 atom stereocenters. The lowest BCUT2D eigenvalue weighted by Crippen LogP contribution is -2.31. The molecule has 0 unspecified atom stereocenters. The molecule has 0 saturated carbocycles. The van der Waals surface area contributed by atoms with E-state index in [2.05, 4.69) is 5.32 Å². The van der Waals surface area contributed by atoms with Gasteiger partial charge in [-0.1, -0.05) is 0 Å². The standard InChI is InChI=1S/C13H18FN3O2/c1-8-10(14)6-9(7-11(8)15)13(19)17(3)5-4-12(18)16-2/h6-7H,4-5,15H2,1-3H3,(H,16,18). The number of amides is 2. The SMILES string of the molecule is CNC(=O)CCN(C)C(=O)c1cc(N)c(C)c(F)c1. The predicted octanol–water partition coefficient (Wildman–Crippen LogP) is 0.924. The molecule has 104 valence electrons. The highest BCUT2D eigenvalue weighted by atomic mass is 19.1. The van der Waals surface area contributed by atoms with Gasteiger partial charge in [-0.2, -0.15) is 0 Å². The van der Waals surface area contributed by atoms with Gasteiger partial charge in [0.15, 0.2) is 0 Å². The molecule has 0 aromatic heterocycles. The van der Waals surface area contributed by atoms with Crippen molar-refractivity contribution in [1.82, 2.24) is 10.2 Å². The summed E-state index contributed by atoms with van der Waals surface area (Å²) in [5.41, 5.74) is 6.37. The van der Waals surface area contributed by atoms with Crippen LogP contribution in [-0.4, -0.2) is 37.4 Å². The zero-order valence-corrected chi connectivity index (χ0v) is 11.3. The first-order valence-electron chi connectivity index (χ1n) is 5.88. The van der Waals surface area contributed by atoms with E-state index in [1.165, 1.54) is 18.0 Å². The molecular weight excluding hydrogens is 249 g/mol. The van der Waals surface area contributed by atoms with Gasteiger partial charge in [0.1, 0.15) is 5.82 Å². The minimum absolute atomic E-state index is 0.158. The van der Waals surface area contributed by atoms with Crippen LogP contribution >= 0.6 is 0 Å². The summed E-state index contributed by atoms with van der Waals surface area (Å²) in [5.74, 6) is -1.04. The van der Waals surface area contributed by atoms with Crippen LogP contribution in [0.4, 0.5) is 10.1 Å². The normalized spacial score (nSPS) is 10.1. The van der Waals surface area contributed by atoms with Gasteiger partial charge in [0, 0.05) is 43.9 Å². The molecule has 2 amide bonds. The number of nitrogens with one attached hydrogen (secondary N) is 1. The molecule has 0 aliphatic carbocycles. The number of rotatable bonds is 4. The molecule has 0 saturated heterocycles. The second-order valence-electron chi connectivity index (χ2n) is 4.32. The molecule has 0 fully saturated rings. The average molecular weight is 267 g/mol. The minimum atomic E-state index is -0.511. The number of nitrogens with zero attached hydrogens (tertiary/aromatic N) is 1. The van der Waals surface area contributed by atoms with Crippen molar-refractivity contribution >= 4 is 17.5 Å². The van der Waals surface area contributed by atoms with E-state index >= 15 is 0 Å². The Bertz CT molecular complexity index is 480. The van der Waals surface area contributed by atoms with Crippen LogP contribution in [0.2, 0.25) is 0 Å². The van der Waals surface area contributed by atoms with E-state index in [-0.39, 0.29) is 36.0 Å². The molecule has 3 N–H and O–H groups in total. The summed E-state index contributed by atoms with van der Waals surface area (Å²) < 4.78 is 13.5. The number of hydrogen-bond acceptors (Lipinski definition) is 3. The fourth-order valence-electron chi connectivity index (χ4n) is 1.54. The topological polar surface area (TPSA) is 75.4 Å². The molecule has 1 aromatic carbocycles. The van der Waals surface area contributed by atoms with Crippen molar-refractivity contribution in [3.8, 4) is 0 Å². The molecule has 0 spiro atoms. The van der Waals surface area contributed by atoms with Gasteiger partial charge >= 0.3 is 0 Å². The van der Waals surface area contributed by atoms with Gasteiger partial charge in [0.25, 0.3) is 5.91 Å². The van der Waals surface area contributed by atoms with Crippen molar-refractivity contribution in [2.75, 3.05) is 26.4 Å². The monoisotopic (exact) mass is 267 g/mol. The Labute approximate surface area is 111 Å². The van der Waals surface area contributed by atoms with Crippen LogP contribution in [0, 0.1) is 12.7 Å². The van der Waals surface area contributed by atoms with Crippen molar-refractivity contribution in [2.45, 2.75) is 13.3 Å². The number of halogens is 1. The quantitative estimate of drug-likeness (QED) is 0.797. The number of hydrogen-bond donors (Lipinski definition) is 2. The summed E-state index contributed by atoms with van der Waals surface area (Å²) in [7, 11) is 3.08. The highest BCUT2D eigenvalue weighted by Gasteiger charge is 2.15. The summed E-state index contributed by atoms with van der Waals surface area (Å²) in [6, 6.07) is 2.60. The second-order valence-corrected chi connectivity index (χ2v) is 4.32. The van der Waals surface area contributed by atoms with E-state index in [9.17, 15) is 14.0 Å².